The van der Waals surface area contributed by atoms with Gasteiger partial charge in [0, 0.05) is 26.1 Å². The second-order valence-electron chi connectivity index (χ2n) is 5.53. The number of nitrogens with two attached hydrogens (primary N) is 1. The Balaban J connectivity index is 2.18. The fraction of sp³-hybridized carbons (Fsp3) is 0.643. The van der Waals surface area contributed by atoms with Gasteiger partial charge in [0.2, 0.25) is 0 Å². The monoisotopic (exact) mass is 266 g/mol. The van der Waals surface area contributed by atoms with Gasteiger partial charge in [-0.15, -0.1) is 0 Å². The van der Waals surface area contributed by atoms with E-state index in [2.05, 4.69) is 0 Å². The molecule has 0 saturated carbocycles. The molecule has 5 heteroatoms. The molecule has 1 aliphatic rings. The molecular weight excluding hydrogens is 244 g/mol. The molecule has 1 unspecified atom stereocenters. The van der Waals surface area contributed by atoms with Gasteiger partial charge in [-0.1, -0.05) is 6.92 Å². The topological polar surface area (TPSA) is 68.7 Å². The highest BCUT2D eigenvalue weighted by Crippen LogP contribution is 2.23. The second-order valence-corrected chi connectivity index (χ2v) is 5.53. The molecule has 2 N–H and O–H groups in total. The Hall–Kier alpha value is -1.33. The van der Waals surface area contributed by atoms with E-state index in [0.29, 0.717) is 31.6 Å². The highest BCUT2D eigenvalue weighted by molar-refractivity contribution is 5.95. The maximum atomic E-state index is 12.6. The predicted molar refractivity (Wildman–Crippen MR) is 72.0 cm³/mol. The lowest BCUT2D eigenvalue weighted by Crippen LogP contribution is -2.56. The number of rotatable bonds is 3. The van der Waals surface area contributed by atoms with Crippen LogP contribution >= 0.6 is 0 Å². The molecule has 0 radical (unpaired) electrons. The molecule has 1 aromatic heterocycles. The minimum atomic E-state index is -0.367. The minimum absolute atomic E-state index is 0.000394. The van der Waals surface area contributed by atoms with Crippen LogP contribution in [-0.4, -0.2) is 42.1 Å². The molecule has 5 nitrogen and oxygen atoms in total. The number of amides is 1. The van der Waals surface area contributed by atoms with Crippen molar-refractivity contribution in [2.45, 2.75) is 38.9 Å². The van der Waals surface area contributed by atoms with Gasteiger partial charge in [-0.05, 0) is 19.9 Å². The van der Waals surface area contributed by atoms with E-state index >= 15 is 0 Å². The molecule has 0 bridgehead atoms. The third-order valence-corrected chi connectivity index (χ3v) is 3.33. The van der Waals surface area contributed by atoms with Gasteiger partial charge in [0.1, 0.15) is 5.76 Å². The number of morpholine rings is 1. The lowest BCUT2D eigenvalue weighted by Gasteiger charge is -2.42. The number of nitrogens with zero attached hydrogens (tertiary/aromatic N) is 1. The number of hydrogen-bond acceptors (Lipinski definition) is 4. The second kappa shape index (κ2) is 5.35. The summed E-state index contributed by atoms with van der Waals surface area (Å²) in [5.74, 6) is 0.735. The van der Waals surface area contributed by atoms with Gasteiger partial charge in [0.05, 0.1) is 23.5 Å². The third-order valence-electron chi connectivity index (χ3n) is 3.33. The summed E-state index contributed by atoms with van der Waals surface area (Å²) in [6.45, 7) is 7.45. The van der Waals surface area contributed by atoms with E-state index in [0.717, 1.165) is 5.76 Å². The van der Waals surface area contributed by atoms with Crippen LogP contribution in [0.15, 0.2) is 16.7 Å². The zero-order chi connectivity index (χ0) is 14.0. The zero-order valence-corrected chi connectivity index (χ0v) is 11.8. The van der Waals surface area contributed by atoms with Crippen LogP contribution in [0.4, 0.5) is 0 Å². The quantitative estimate of drug-likeness (QED) is 0.898. The van der Waals surface area contributed by atoms with Gasteiger partial charge in [-0.3, -0.25) is 4.79 Å². The number of aryl methyl sites for hydroxylation is 1. The summed E-state index contributed by atoms with van der Waals surface area (Å²) in [5, 5.41) is 0. The molecule has 1 atom stereocenters. The van der Waals surface area contributed by atoms with Crippen LogP contribution < -0.4 is 5.73 Å². The Bertz CT molecular complexity index is 453. The Kier molecular flexibility index (Phi) is 3.96. The van der Waals surface area contributed by atoms with Crippen molar-refractivity contribution in [2.24, 2.45) is 5.73 Å². The fourth-order valence-electron chi connectivity index (χ4n) is 2.55. The van der Waals surface area contributed by atoms with Crippen molar-refractivity contribution >= 4 is 5.91 Å². The minimum Gasteiger partial charge on any atom is -0.469 e. The van der Waals surface area contributed by atoms with Crippen molar-refractivity contribution in [1.82, 2.24) is 4.90 Å². The van der Waals surface area contributed by atoms with Crippen molar-refractivity contribution in [3.05, 3.63) is 23.7 Å². The van der Waals surface area contributed by atoms with Crippen LogP contribution in [0.1, 0.15) is 36.9 Å². The highest BCUT2D eigenvalue weighted by Gasteiger charge is 2.36. The lowest BCUT2D eigenvalue weighted by atomic mass is 10.0. The van der Waals surface area contributed by atoms with Crippen LogP contribution in [0.5, 0.6) is 0 Å². The van der Waals surface area contributed by atoms with E-state index in [1.807, 2.05) is 25.7 Å². The number of carbonyl (C=O) groups is 1. The first-order valence-electron chi connectivity index (χ1n) is 6.70. The number of ether oxygens (including phenoxy) is 1. The molecule has 19 heavy (non-hydrogen) atoms. The van der Waals surface area contributed by atoms with Crippen LogP contribution in [0.25, 0.3) is 0 Å². The van der Waals surface area contributed by atoms with Gasteiger partial charge in [0.25, 0.3) is 5.91 Å². The van der Waals surface area contributed by atoms with E-state index in [1.165, 1.54) is 0 Å². The number of carbonyl (C=O) groups excluding carboxylic acids is 1. The molecule has 1 fully saturated rings. The Morgan fingerprint density at radius 3 is 2.95 bits per heavy atom. The molecule has 2 rings (SSSR count). The van der Waals surface area contributed by atoms with Gasteiger partial charge >= 0.3 is 0 Å². The highest BCUT2D eigenvalue weighted by atomic mass is 16.5. The molecule has 106 valence electrons. The third kappa shape index (κ3) is 2.98. The largest absolute Gasteiger partial charge is 0.469 e. The van der Waals surface area contributed by atoms with Crippen molar-refractivity contribution < 1.29 is 13.9 Å². The van der Waals surface area contributed by atoms with Crippen LogP contribution in [-0.2, 0) is 11.2 Å². The van der Waals surface area contributed by atoms with E-state index in [-0.39, 0.29) is 17.6 Å². The first kappa shape index (κ1) is 14.1. The summed E-state index contributed by atoms with van der Waals surface area (Å²) in [7, 11) is 0. The predicted octanol–water partition coefficient (Wildman–Crippen LogP) is 1.42. The van der Waals surface area contributed by atoms with E-state index in [1.54, 1.807) is 12.3 Å². The van der Waals surface area contributed by atoms with Crippen LogP contribution in [0.3, 0.4) is 0 Å². The summed E-state index contributed by atoms with van der Waals surface area (Å²) >= 11 is 0. The van der Waals surface area contributed by atoms with Gasteiger partial charge in [0.15, 0.2) is 0 Å². The first-order valence-corrected chi connectivity index (χ1v) is 6.70. The normalized spacial score (nSPS) is 22.5. The van der Waals surface area contributed by atoms with Crippen molar-refractivity contribution in [2.75, 3.05) is 19.6 Å². The molecule has 1 aliphatic heterocycles. The van der Waals surface area contributed by atoms with Crippen molar-refractivity contribution in [3.8, 4) is 0 Å². The first-order chi connectivity index (χ1) is 8.96. The Morgan fingerprint density at radius 1 is 1.58 bits per heavy atom. The summed E-state index contributed by atoms with van der Waals surface area (Å²) < 4.78 is 11.2. The summed E-state index contributed by atoms with van der Waals surface area (Å²) in [5.41, 5.74) is 5.96. The number of furan rings is 1. The maximum absolute atomic E-state index is 12.6. The fourth-order valence-corrected chi connectivity index (χ4v) is 2.55. The molecule has 1 saturated heterocycles. The maximum Gasteiger partial charge on any atom is 0.257 e. The Morgan fingerprint density at radius 2 is 2.32 bits per heavy atom. The average molecular weight is 266 g/mol. The molecule has 0 spiro atoms. The van der Waals surface area contributed by atoms with Gasteiger partial charge in [-0.25, -0.2) is 0 Å². The van der Waals surface area contributed by atoms with E-state index < -0.39 is 0 Å². The van der Waals surface area contributed by atoms with Crippen molar-refractivity contribution in [1.29, 1.82) is 0 Å². The van der Waals surface area contributed by atoms with E-state index in [9.17, 15) is 4.79 Å². The van der Waals surface area contributed by atoms with Gasteiger partial charge < -0.3 is 19.8 Å². The molecule has 1 amide bonds. The van der Waals surface area contributed by atoms with Crippen LogP contribution in [0.2, 0.25) is 0 Å². The summed E-state index contributed by atoms with van der Waals surface area (Å²) in [6.07, 6.45) is 2.17. The standard InChI is InChI=1S/C14H22N2O3/c1-4-12-11(5-6-18-12)13(17)16-8-10(7-15)19-14(2,3)9-16/h5-6,10H,4,7-9,15H2,1-3H3. The average Bonchev–Trinajstić information content (AvgIpc) is 2.84. The lowest BCUT2D eigenvalue weighted by molar-refractivity contribution is -0.122. The molecule has 0 aromatic carbocycles. The van der Waals surface area contributed by atoms with E-state index in [4.69, 9.17) is 14.9 Å². The molecule has 1 aromatic rings. The zero-order valence-electron chi connectivity index (χ0n) is 11.8. The number of hydrogen-bond donors (Lipinski definition) is 1. The van der Waals surface area contributed by atoms with Gasteiger partial charge in [-0.2, -0.15) is 0 Å². The molecule has 0 aliphatic carbocycles. The van der Waals surface area contributed by atoms with Crippen LogP contribution in [0, 0.1) is 0 Å². The molecule has 2 heterocycles. The molecular formula is C14H22N2O3. The SMILES string of the molecule is CCc1occc1C(=O)N1CC(CN)OC(C)(C)C1. The summed E-state index contributed by atoms with van der Waals surface area (Å²) in [6, 6.07) is 1.74. The Labute approximate surface area is 113 Å². The smallest absolute Gasteiger partial charge is 0.257 e. The van der Waals surface area contributed by atoms with Crippen molar-refractivity contribution in [3.63, 3.8) is 0 Å². The summed E-state index contributed by atoms with van der Waals surface area (Å²) in [4.78, 5) is 14.4.